The standard InChI is InChI=1S/C26H30FN5O4/c1-25(2,3)36-24(34)32-14-26(15-32)12-31(13-26)17-6-7-20(19(27)9-17)28-23(33)18-8-16-11-30(4)29-21(16)10-22(18)35-5/h6-11H,12-15H2,1-5H3,(H,28,33). The summed E-state index contributed by atoms with van der Waals surface area (Å²) < 4.78 is 27.4. The quantitative estimate of drug-likeness (QED) is 0.588. The summed E-state index contributed by atoms with van der Waals surface area (Å²) >= 11 is 0. The molecule has 0 aliphatic carbocycles. The molecule has 5 rings (SSSR count). The molecule has 1 N–H and O–H groups in total. The van der Waals surface area contributed by atoms with Gasteiger partial charge in [-0.3, -0.25) is 9.48 Å². The van der Waals surface area contributed by atoms with Crippen LogP contribution in [-0.4, -0.2) is 65.6 Å². The van der Waals surface area contributed by atoms with Crippen LogP contribution in [0.25, 0.3) is 10.9 Å². The lowest BCUT2D eigenvalue weighted by Gasteiger charge is -2.60. The number of anilines is 2. The number of hydrogen-bond acceptors (Lipinski definition) is 6. The average Bonchev–Trinajstić information content (AvgIpc) is 3.10. The molecule has 10 heteroatoms. The van der Waals surface area contributed by atoms with Gasteiger partial charge in [0.2, 0.25) is 0 Å². The number of aryl methyl sites for hydroxylation is 1. The normalized spacial score (nSPS) is 16.5. The van der Waals surface area contributed by atoms with Crippen molar-refractivity contribution in [2.24, 2.45) is 12.5 Å². The lowest BCUT2D eigenvalue weighted by Crippen LogP contribution is -2.73. The minimum absolute atomic E-state index is 0.0295. The predicted octanol–water partition coefficient (Wildman–Crippen LogP) is 4.03. The van der Waals surface area contributed by atoms with Crippen LogP contribution in [0.4, 0.5) is 20.6 Å². The van der Waals surface area contributed by atoms with E-state index in [2.05, 4.69) is 15.3 Å². The molecule has 1 aromatic heterocycles. The Kier molecular flexibility index (Phi) is 5.57. The van der Waals surface area contributed by atoms with E-state index in [9.17, 15) is 14.0 Å². The Morgan fingerprint density at radius 1 is 1.11 bits per heavy atom. The average molecular weight is 496 g/mol. The summed E-state index contributed by atoms with van der Waals surface area (Å²) in [6, 6.07) is 8.15. The number of amides is 2. The third-order valence-electron chi connectivity index (χ3n) is 6.51. The maximum Gasteiger partial charge on any atom is 0.410 e. The zero-order valence-electron chi connectivity index (χ0n) is 21.1. The first-order valence-electron chi connectivity index (χ1n) is 11.8. The molecule has 2 aromatic carbocycles. The molecule has 190 valence electrons. The zero-order chi connectivity index (χ0) is 25.8. The van der Waals surface area contributed by atoms with Crippen molar-refractivity contribution in [3.8, 4) is 5.75 Å². The van der Waals surface area contributed by atoms with Crippen LogP contribution in [0.2, 0.25) is 0 Å². The van der Waals surface area contributed by atoms with E-state index in [-0.39, 0.29) is 17.2 Å². The fourth-order valence-electron chi connectivity index (χ4n) is 4.88. The van der Waals surface area contributed by atoms with E-state index in [0.29, 0.717) is 29.9 Å². The van der Waals surface area contributed by atoms with Crippen LogP contribution in [0.1, 0.15) is 31.1 Å². The van der Waals surface area contributed by atoms with Crippen LogP contribution in [0.5, 0.6) is 5.75 Å². The first kappa shape index (κ1) is 23.9. The number of methoxy groups -OCH3 is 1. The number of carbonyl (C=O) groups excluding carboxylic acids is 2. The van der Waals surface area contributed by atoms with E-state index in [4.69, 9.17) is 9.47 Å². The Hall–Kier alpha value is -3.82. The Bertz CT molecular complexity index is 1350. The Balaban J connectivity index is 1.22. The van der Waals surface area contributed by atoms with Gasteiger partial charge >= 0.3 is 6.09 Å². The fourth-order valence-corrected chi connectivity index (χ4v) is 4.88. The maximum atomic E-state index is 14.9. The van der Waals surface area contributed by atoms with Crippen LogP contribution in [0.15, 0.2) is 36.5 Å². The molecular formula is C26H30FN5O4. The number of benzene rings is 2. The molecule has 2 amide bonds. The van der Waals surface area contributed by atoms with Crippen LogP contribution in [0, 0.1) is 11.2 Å². The molecule has 0 atom stereocenters. The minimum Gasteiger partial charge on any atom is -0.496 e. The molecule has 3 heterocycles. The highest BCUT2D eigenvalue weighted by molar-refractivity contribution is 6.08. The molecule has 2 aliphatic heterocycles. The smallest absolute Gasteiger partial charge is 0.410 e. The first-order valence-corrected chi connectivity index (χ1v) is 11.8. The van der Waals surface area contributed by atoms with E-state index >= 15 is 0 Å². The summed E-state index contributed by atoms with van der Waals surface area (Å²) in [4.78, 5) is 28.9. The summed E-state index contributed by atoms with van der Waals surface area (Å²) in [7, 11) is 3.27. The zero-order valence-corrected chi connectivity index (χ0v) is 21.1. The first-order chi connectivity index (χ1) is 16.9. The van der Waals surface area contributed by atoms with Crippen LogP contribution in [-0.2, 0) is 11.8 Å². The number of rotatable bonds is 4. The topological polar surface area (TPSA) is 88.9 Å². The van der Waals surface area contributed by atoms with Crippen molar-refractivity contribution in [2.45, 2.75) is 26.4 Å². The van der Waals surface area contributed by atoms with Crippen molar-refractivity contribution in [1.29, 1.82) is 0 Å². The Labute approximate surface area is 208 Å². The molecule has 0 radical (unpaired) electrons. The number of nitrogens with one attached hydrogen (secondary N) is 1. The number of carbonyl (C=O) groups is 2. The highest BCUT2D eigenvalue weighted by atomic mass is 19.1. The minimum atomic E-state index is -0.521. The third kappa shape index (κ3) is 4.43. The SMILES string of the molecule is COc1cc2nn(C)cc2cc1C(=O)Nc1ccc(N2CC3(CN(C(=O)OC(C)(C)C)C3)C2)cc1F. The van der Waals surface area contributed by atoms with E-state index in [1.165, 1.54) is 13.2 Å². The van der Waals surface area contributed by atoms with Gasteiger partial charge in [-0.05, 0) is 45.0 Å². The van der Waals surface area contributed by atoms with E-state index in [1.807, 2.05) is 20.8 Å². The molecule has 3 aromatic rings. The summed E-state index contributed by atoms with van der Waals surface area (Å²) in [6.07, 6.45) is 1.51. The van der Waals surface area contributed by atoms with Crippen molar-refractivity contribution in [1.82, 2.24) is 14.7 Å². The van der Waals surface area contributed by atoms with Gasteiger partial charge in [-0.25, -0.2) is 9.18 Å². The monoisotopic (exact) mass is 495 g/mol. The fraction of sp³-hybridized carbons (Fsp3) is 0.423. The lowest BCUT2D eigenvalue weighted by molar-refractivity contribution is -0.0453. The number of likely N-dealkylation sites (tertiary alicyclic amines) is 1. The van der Waals surface area contributed by atoms with Crippen molar-refractivity contribution >= 4 is 34.3 Å². The van der Waals surface area contributed by atoms with Gasteiger partial charge in [-0.15, -0.1) is 0 Å². The van der Waals surface area contributed by atoms with Crippen LogP contribution in [0.3, 0.4) is 0 Å². The highest BCUT2D eigenvalue weighted by Gasteiger charge is 2.54. The second-order valence-corrected chi connectivity index (χ2v) is 10.7. The van der Waals surface area contributed by atoms with E-state index in [1.54, 1.807) is 47.1 Å². The molecule has 0 bridgehead atoms. The summed E-state index contributed by atoms with van der Waals surface area (Å²) in [5.74, 6) is -0.626. The molecule has 0 unspecified atom stereocenters. The molecule has 0 saturated carbocycles. The number of fused-ring (bicyclic) bond motifs is 1. The number of nitrogens with zero attached hydrogens (tertiary/aromatic N) is 4. The Morgan fingerprint density at radius 3 is 2.47 bits per heavy atom. The molecule has 2 aliphatic rings. The van der Waals surface area contributed by atoms with Gasteiger partial charge in [-0.2, -0.15) is 5.10 Å². The van der Waals surface area contributed by atoms with Crippen molar-refractivity contribution in [3.63, 3.8) is 0 Å². The molecule has 9 nitrogen and oxygen atoms in total. The predicted molar refractivity (Wildman–Crippen MR) is 134 cm³/mol. The molecule has 2 fully saturated rings. The van der Waals surface area contributed by atoms with Crippen molar-refractivity contribution < 1.29 is 23.5 Å². The van der Waals surface area contributed by atoms with E-state index in [0.717, 1.165) is 24.2 Å². The van der Waals surface area contributed by atoms with Crippen LogP contribution < -0.4 is 15.0 Å². The summed E-state index contributed by atoms with van der Waals surface area (Å²) in [5, 5.41) is 7.76. The molecular weight excluding hydrogens is 465 g/mol. The second-order valence-electron chi connectivity index (χ2n) is 10.7. The molecule has 2 saturated heterocycles. The van der Waals surface area contributed by atoms with Crippen molar-refractivity contribution in [2.75, 3.05) is 43.5 Å². The molecule has 1 spiro atoms. The van der Waals surface area contributed by atoms with Crippen molar-refractivity contribution in [3.05, 3.63) is 47.9 Å². The lowest BCUT2D eigenvalue weighted by atomic mass is 9.73. The number of hydrogen-bond donors (Lipinski definition) is 1. The third-order valence-corrected chi connectivity index (χ3v) is 6.51. The molecule has 36 heavy (non-hydrogen) atoms. The van der Waals surface area contributed by atoms with Gasteiger partial charge in [-0.1, -0.05) is 0 Å². The van der Waals surface area contributed by atoms with Gasteiger partial charge in [0.15, 0.2) is 0 Å². The largest absolute Gasteiger partial charge is 0.496 e. The number of halogens is 1. The van der Waals surface area contributed by atoms with E-state index < -0.39 is 17.3 Å². The van der Waals surface area contributed by atoms with Gasteiger partial charge in [0.05, 0.1) is 23.9 Å². The summed E-state index contributed by atoms with van der Waals surface area (Å²) in [5.41, 5.74) is 1.34. The van der Waals surface area contributed by atoms with Gasteiger partial charge in [0, 0.05) is 62.0 Å². The van der Waals surface area contributed by atoms with Gasteiger partial charge < -0.3 is 24.6 Å². The summed E-state index contributed by atoms with van der Waals surface area (Å²) in [6.45, 7) is 8.29. The number of aromatic nitrogens is 2. The number of ether oxygens (including phenoxy) is 2. The van der Waals surface area contributed by atoms with Gasteiger partial charge in [0.1, 0.15) is 17.2 Å². The maximum absolute atomic E-state index is 14.9. The second kappa shape index (κ2) is 8.39. The van der Waals surface area contributed by atoms with Crippen LogP contribution >= 0.6 is 0 Å². The Morgan fingerprint density at radius 2 is 1.83 bits per heavy atom. The highest BCUT2D eigenvalue weighted by Crippen LogP contribution is 2.42. The van der Waals surface area contributed by atoms with Gasteiger partial charge in [0.25, 0.3) is 5.91 Å².